The van der Waals surface area contributed by atoms with Crippen LogP contribution in [-0.2, 0) is 13.0 Å². The van der Waals surface area contributed by atoms with Crippen molar-refractivity contribution in [1.29, 1.82) is 10.8 Å². The van der Waals surface area contributed by atoms with Crippen molar-refractivity contribution >= 4 is 22.4 Å². The fraction of sp³-hybridized carbons (Fsp3) is 0.286. The van der Waals surface area contributed by atoms with Gasteiger partial charge in [0.15, 0.2) is 11.3 Å². The SMILES string of the molecule is N=C(C1CC1)n1nc(N2CCc3ccccc3C2)c2ccccc2c1=N. The van der Waals surface area contributed by atoms with E-state index in [9.17, 15) is 0 Å². The molecule has 5 rings (SSSR count). The third-order valence-corrected chi connectivity index (χ3v) is 5.45. The summed E-state index contributed by atoms with van der Waals surface area (Å²) in [5.74, 6) is 1.60. The minimum absolute atomic E-state index is 0.257. The normalized spacial score (nSPS) is 16.5. The highest BCUT2D eigenvalue weighted by Crippen LogP contribution is 2.31. The van der Waals surface area contributed by atoms with Crippen molar-refractivity contribution in [3.63, 3.8) is 0 Å². The van der Waals surface area contributed by atoms with Crippen LogP contribution in [0, 0.1) is 16.7 Å². The molecule has 2 aromatic carbocycles. The van der Waals surface area contributed by atoms with Gasteiger partial charge >= 0.3 is 0 Å². The minimum Gasteiger partial charge on any atom is -0.350 e. The Morgan fingerprint density at radius 3 is 2.42 bits per heavy atom. The largest absolute Gasteiger partial charge is 0.350 e. The molecule has 0 radical (unpaired) electrons. The van der Waals surface area contributed by atoms with E-state index in [1.165, 1.54) is 11.1 Å². The van der Waals surface area contributed by atoms with Crippen LogP contribution in [0.25, 0.3) is 10.8 Å². The molecule has 0 unspecified atom stereocenters. The van der Waals surface area contributed by atoms with Gasteiger partial charge in [-0.15, -0.1) is 5.10 Å². The molecular formula is C21H21N5. The summed E-state index contributed by atoms with van der Waals surface area (Å²) in [6.07, 6.45) is 3.06. The lowest BCUT2D eigenvalue weighted by Gasteiger charge is -2.31. The van der Waals surface area contributed by atoms with Gasteiger partial charge in [-0.1, -0.05) is 48.5 Å². The molecule has 0 amide bonds. The zero-order valence-electron chi connectivity index (χ0n) is 14.6. The monoisotopic (exact) mass is 343 g/mol. The summed E-state index contributed by atoms with van der Waals surface area (Å²) < 4.78 is 1.55. The van der Waals surface area contributed by atoms with Crippen LogP contribution in [0.2, 0.25) is 0 Å². The summed E-state index contributed by atoms with van der Waals surface area (Å²) in [6, 6.07) is 16.5. The van der Waals surface area contributed by atoms with Gasteiger partial charge in [0, 0.05) is 29.8 Å². The number of anilines is 1. The van der Waals surface area contributed by atoms with E-state index in [4.69, 9.17) is 15.9 Å². The van der Waals surface area contributed by atoms with E-state index >= 15 is 0 Å². The molecule has 0 atom stereocenters. The first-order valence-electron chi connectivity index (χ1n) is 9.19. The second-order valence-corrected chi connectivity index (χ2v) is 7.23. The molecule has 0 spiro atoms. The minimum atomic E-state index is 0.257. The number of hydrogen-bond donors (Lipinski definition) is 2. The van der Waals surface area contributed by atoms with E-state index in [1.54, 1.807) is 4.68 Å². The molecule has 2 aliphatic rings. The number of benzene rings is 2. The predicted molar refractivity (Wildman–Crippen MR) is 103 cm³/mol. The van der Waals surface area contributed by atoms with Gasteiger partial charge < -0.3 is 4.90 Å². The molecule has 1 fully saturated rings. The number of fused-ring (bicyclic) bond motifs is 2. The van der Waals surface area contributed by atoms with Gasteiger partial charge in [0.1, 0.15) is 5.84 Å². The van der Waals surface area contributed by atoms with Gasteiger partial charge in [-0.25, -0.2) is 0 Å². The van der Waals surface area contributed by atoms with Crippen LogP contribution in [0.3, 0.4) is 0 Å². The molecule has 2 heterocycles. The van der Waals surface area contributed by atoms with Crippen LogP contribution >= 0.6 is 0 Å². The Kier molecular flexibility index (Phi) is 3.42. The number of rotatable bonds is 2. The summed E-state index contributed by atoms with van der Waals surface area (Å²) >= 11 is 0. The van der Waals surface area contributed by atoms with Crippen molar-refractivity contribution in [2.45, 2.75) is 25.8 Å². The van der Waals surface area contributed by atoms with E-state index in [-0.39, 0.29) is 5.92 Å². The highest BCUT2D eigenvalue weighted by atomic mass is 15.4. The number of nitrogens with one attached hydrogen (secondary N) is 2. The first-order valence-corrected chi connectivity index (χ1v) is 9.19. The highest BCUT2D eigenvalue weighted by molar-refractivity contribution is 5.94. The first-order chi connectivity index (χ1) is 12.7. The van der Waals surface area contributed by atoms with Crippen molar-refractivity contribution in [2.75, 3.05) is 11.4 Å². The number of aromatic nitrogens is 2. The van der Waals surface area contributed by atoms with Crippen LogP contribution in [0.4, 0.5) is 5.82 Å². The van der Waals surface area contributed by atoms with Crippen LogP contribution in [-0.4, -0.2) is 22.2 Å². The van der Waals surface area contributed by atoms with Crippen molar-refractivity contribution in [2.24, 2.45) is 5.92 Å². The van der Waals surface area contributed by atoms with Gasteiger partial charge in [0.05, 0.1) is 0 Å². The lowest BCUT2D eigenvalue weighted by Crippen LogP contribution is -2.36. The lowest BCUT2D eigenvalue weighted by molar-refractivity contribution is 0.697. The van der Waals surface area contributed by atoms with Crippen molar-refractivity contribution < 1.29 is 0 Å². The third kappa shape index (κ3) is 2.43. The molecule has 26 heavy (non-hydrogen) atoms. The maximum absolute atomic E-state index is 8.56. The summed E-state index contributed by atoms with van der Waals surface area (Å²) in [7, 11) is 0. The van der Waals surface area contributed by atoms with Crippen LogP contribution < -0.4 is 10.4 Å². The Bertz CT molecular complexity index is 1080. The molecule has 5 nitrogen and oxygen atoms in total. The summed E-state index contributed by atoms with van der Waals surface area (Å²) in [4.78, 5) is 2.29. The van der Waals surface area contributed by atoms with Crippen LogP contribution in [0.15, 0.2) is 48.5 Å². The Labute approximate surface area is 151 Å². The molecule has 1 saturated carbocycles. The Morgan fingerprint density at radius 1 is 0.962 bits per heavy atom. The summed E-state index contributed by atoms with van der Waals surface area (Å²) in [5, 5.41) is 23.7. The lowest BCUT2D eigenvalue weighted by atomic mass is 9.99. The second-order valence-electron chi connectivity index (χ2n) is 7.23. The maximum atomic E-state index is 8.56. The molecule has 0 bridgehead atoms. The Morgan fingerprint density at radius 2 is 1.65 bits per heavy atom. The third-order valence-electron chi connectivity index (χ3n) is 5.45. The summed E-state index contributed by atoms with van der Waals surface area (Å²) in [6.45, 7) is 1.73. The van der Waals surface area contributed by atoms with E-state index in [0.717, 1.165) is 48.9 Å². The molecule has 0 saturated heterocycles. The topological polar surface area (TPSA) is 68.8 Å². The van der Waals surface area contributed by atoms with Gasteiger partial charge in [0.2, 0.25) is 0 Å². The van der Waals surface area contributed by atoms with E-state index in [2.05, 4.69) is 29.2 Å². The predicted octanol–water partition coefficient (Wildman–Crippen LogP) is 3.31. The molecule has 1 aromatic heterocycles. The van der Waals surface area contributed by atoms with E-state index < -0.39 is 0 Å². The fourth-order valence-corrected chi connectivity index (χ4v) is 3.81. The number of hydrogen-bond acceptors (Lipinski definition) is 4. The maximum Gasteiger partial charge on any atom is 0.157 e. The van der Waals surface area contributed by atoms with Gasteiger partial charge in [-0.2, -0.15) is 4.68 Å². The highest BCUT2D eigenvalue weighted by Gasteiger charge is 2.30. The molecule has 5 heteroatoms. The van der Waals surface area contributed by atoms with E-state index in [0.29, 0.717) is 11.3 Å². The molecule has 1 aliphatic carbocycles. The second kappa shape index (κ2) is 5.80. The quantitative estimate of drug-likeness (QED) is 0.554. The smallest absolute Gasteiger partial charge is 0.157 e. The standard InChI is InChI=1S/C21H21N5/c22-19(15-9-10-15)26-20(23)17-7-3-4-8-18(17)21(24-26)25-12-11-14-5-1-2-6-16(14)13-25/h1-8,15,22-23H,9-13H2. The zero-order chi connectivity index (χ0) is 17.7. The number of nitrogens with zero attached hydrogens (tertiary/aromatic N) is 3. The summed E-state index contributed by atoms with van der Waals surface area (Å²) in [5.41, 5.74) is 3.06. The Hall–Kier alpha value is -2.95. The zero-order valence-corrected chi connectivity index (χ0v) is 14.6. The average molecular weight is 343 g/mol. The fourth-order valence-electron chi connectivity index (χ4n) is 3.81. The van der Waals surface area contributed by atoms with Crippen LogP contribution in [0.1, 0.15) is 24.0 Å². The molecule has 2 N–H and O–H groups in total. The van der Waals surface area contributed by atoms with Crippen molar-refractivity contribution in [1.82, 2.24) is 9.78 Å². The van der Waals surface area contributed by atoms with E-state index in [1.807, 2.05) is 24.3 Å². The van der Waals surface area contributed by atoms with Gasteiger partial charge in [-0.05, 0) is 30.4 Å². The molecule has 1 aliphatic heterocycles. The average Bonchev–Trinajstić information content (AvgIpc) is 3.53. The molecular weight excluding hydrogens is 322 g/mol. The Balaban J connectivity index is 1.66. The van der Waals surface area contributed by atoms with Crippen molar-refractivity contribution in [3.05, 3.63) is 65.1 Å². The van der Waals surface area contributed by atoms with Gasteiger partial charge in [-0.3, -0.25) is 10.8 Å². The molecule has 3 aromatic rings. The molecule has 130 valence electrons. The van der Waals surface area contributed by atoms with Crippen molar-refractivity contribution in [3.8, 4) is 0 Å². The first kappa shape index (κ1) is 15.3. The van der Waals surface area contributed by atoms with Crippen LogP contribution in [0.5, 0.6) is 0 Å². The van der Waals surface area contributed by atoms with Gasteiger partial charge in [0.25, 0.3) is 0 Å².